The van der Waals surface area contributed by atoms with E-state index in [1.807, 2.05) is 23.1 Å². The second kappa shape index (κ2) is 10.5. The van der Waals surface area contributed by atoms with Gasteiger partial charge in [-0.1, -0.05) is 22.0 Å². The van der Waals surface area contributed by atoms with Crippen molar-refractivity contribution < 1.29 is 27.4 Å². The minimum atomic E-state index is -4.54. The molecule has 0 radical (unpaired) electrons. The predicted octanol–water partition coefficient (Wildman–Crippen LogP) is 4.75. The van der Waals surface area contributed by atoms with Crippen molar-refractivity contribution in [3.63, 3.8) is 0 Å². The van der Waals surface area contributed by atoms with E-state index in [2.05, 4.69) is 26.6 Å². The largest absolute Gasteiger partial charge is 0.489 e. The van der Waals surface area contributed by atoms with Gasteiger partial charge in [0.25, 0.3) is 0 Å². The number of hydrogen-bond donors (Lipinski definition) is 2. The second-order valence-electron chi connectivity index (χ2n) is 7.41. The van der Waals surface area contributed by atoms with Gasteiger partial charge in [-0.05, 0) is 42.8 Å². The third-order valence-electron chi connectivity index (χ3n) is 5.20. The zero-order chi connectivity index (χ0) is 23.3. The molecule has 1 aliphatic heterocycles. The van der Waals surface area contributed by atoms with E-state index in [9.17, 15) is 18.0 Å². The number of carbonyl (C=O) groups is 1. The van der Waals surface area contributed by atoms with Gasteiger partial charge in [-0.25, -0.2) is 0 Å². The van der Waals surface area contributed by atoms with Crippen LogP contribution in [-0.4, -0.2) is 50.3 Å². The quantitative estimate of drug-likeness (QED) is 0.521. The summed E-state index contributed by atoms with van der Waals surface area (Å²) in [5.41, 5.74) is 1.14. The molecule has 10 heteroatoms. The van der Waals surface area contributed by atoms with E-state index in [0.29, 0.717) is 19.6 Å². The molecule has 0 aliphatic carbocycles. The number of halogens is 4. The van der Waals surface area contributed by atoms with E-state index < -0.39 is 23.7 Å². The highest BCUT2D eigenvalue weighted by atomic mass is 79.9. The number of alkyl halides is 3. The summed E-state index contributed by atoms with van der Waals surface area (Å²) in [7, 11) is 1.49. The van der Waals surface area contributed by atoms with Crippen LogP contribution in [0.25, 0.3) is 0 Å². The van der Waals surface area contributed by atoms with Crippen molar-refractivity contribution in [3.05, 3.63) is 52.0 Å². The highest BCUT2D eigenvalue weighted by molar-refractivity contribution is 9.10. The summed E-state index contributed by atoms with van der Waals surface area (Å²) in [6, 6.07) is 8.34. The molecule has 1 atom stereocenters. The van der Waals surface area contributed by atoms with Gasteiger partial charge in [0.05, 0.1) is 23.9 Å². The van der Waals surface area contributed by atoms with Gasteiger partial charge in [0.1, 0.15) is 12.4 Å². The Hall–Kier alpha value is -2.30. The van der Waals surface area contributed by atoms with Gasteiger partial charge in [-0.3, -0.25) is 9.69 Å². The van der Waals surface area contributed by atoms with Crippen LogP contribution in [0.5, 0.6) is 5.75 Å². The average Bonchev–Trinajstić information content (AvgIpc) is 2.95. The molecule has 2 N–H and O–H groups in total. The van der Waals surface area contributed by atoms with Gasteiger partial charge in [-0.2, -0.15) is 13.2 Å². The molecule has 3 rings (SSSR count). The van der Waals surface area contributed by atoms with Gasteiger partial charge < -0.3 is 20.1 Å². The number of methoxy groups -OCH3 is 1. The number of fused-ring (bicyclic) bond motifs is 1. The first-order valence-electron chi connectivity index (χ1n) is 10.1. The first kappa shape index (κ1) is 24.3. The molecular weight excluding hydrogens is 491 g/mol. The summed E-state index contributed by atoms with van der Waals surface area (Å²) >= 11 is 3.45. The zero-order valence-electron chi connectivity index (χ0n) is 17.8. The van der Waals surface area contributed by atoms with E-state index >= 15 is 0 Å². The molecule has 0 saturated carbocycles. The maximum absolute atomic E-state index is 13.2. The number of rotatable bonds is 7. The number of benzene rings is 2. The minimum absolute atomic E-state index is 0.0231. The third kappa shape index (κ3) is 6.14. The molecular formula is C22H25BrF3N3O3. The van der Waals surface area contributed by atoms with Crippen LogP contribution in [0.4, 0.5) is 24.5 Å². The number of ether oxygens (including phenoxy) is 2. The van der Waals surface area contributed by atoms with Crippen molar-refractivity contribution in [2.75, 3.05) is 44.0 Å². The molecule has 0 saturated heterocycles. The fourth-order valence-electron chi connectivity index (χ4n) is 3.38. The lowest BCUT2D eigenvalue weighted by atomic mass is 10.1. The van der Waals surface area contributed by atoms with Crippen LogP contribution in [-0.2, 0) is 22.3 Å². The fraction of sp³-hybridized carbons (Fsp3) is 0.409. The second-order valence-corrected chi connectivity index (χ2v) is 8.33. The predicted molar refractivity (Wildman–Crippen MR) is 120 cm³/mol. The van der Waals surface area contributed by atoms with Crippen LogP contribution in [0.15, 0.2) is 40.9 Å². The van der Waals surface area contributed by atoms with Gasteiger partial charge in [0.15, 0.2) is 0 Å². The molecule has 1 heterocycles. The van der Waals surface area contributed by atoms with Crippen molar-refractivity contribution in [1.82, 2.24) is 4.90 Å². The van der Waals surface area contributed by atoms with E-state index in [4.69, 9.17) is 9.47 Å². The summed E-state index contributed by atoms with van der Waals surface area (Å²) in [5.74, 6) is -0.259. The molecule has 174 valence electrons. The van der Waals surface area contributed by atoms with Crippen molar-refractivity contribution in [1.29, 1.82) is 0 Å². The van der Waals surface area contributed by atoms with Crippen LogP contribution in [0.3, 0.4) is 0 Å². The monoisotopic (exact) mass is 515 g/mol. The number of amides is 1. The van der Waals surface area contributed by atoms with Crippen molar-refractivity contribution in [2.24, 2.45) is 0 Å². The zero-order valence-corrected chi connectivity index (χ0v) is 19.3. The van der Waals surface area contributed by atoms with E-state index in [0.717, 1.165) is 27.9 Å². The molecule has 1 aliphatic rings. The highest BCUT2D eigenvalue weighted by Gasteiger charge is 2.32. The summed E-state index contributed by atoms with van der Waals surface area (Å²) in [4.78, 5) is 15.0. The van der Waals surface area contributed by atoms with Gasteiger partial charge >= 0.3 is 6.18 Å². The molecule has 0 bridgehead atoms. The Morgan fingerprint density at radius 3 is 2.75 bits per heavy atom. The van der Waals surface area contributed by atoms with E-state index in [1.165, 1.54) is 13.2 Å². The summed E-state index contributed by atoms with van der Waals surface area (Å²) in [6.45, 7) is 3.91. The van der Waals surface area contributed by atoms with Gasteiger partial charge in [0.2, 0.25) is 5.91 Å². The highest BCUT2D eigenvalue weighted by Crippen LogP contribution is 2.35. The Morgan fingerprint density at radius 1 is 1.25 bits per heavy atom. The summed E-state index contributed by atoms with van der Waals surface area (Å²) in [6.07, 6.45) is -4.54. The van der Waals surface area contributed by atoms with E-state index in [1.54, 1.807) is 6.92 Å². The first-order chi connectivity index (χ1) is 15.2. The maximum Gasteiger partial charge on any atom is 0.416 e. The van der Waals surface area contributed by atoms with Crippen LogP contribution >= 0.6 is 15.9 Å². The Balaban J connectivity index is 1.77. The van der Waals surface area contributed by atoms with Crippen molar-refractivity contribution >= 4 is 33.2 Å². The van der Waals surface area contributed by atoms with Crippen molar-refractivity contribution in [2.45, 2.75) is 25.7 Å². The van der Waals surface area contributed by atoms with E-state index in [-0.39, 0.29) is 24.7 Å². The molecule has 0 aromatic heterocycles. The number of nitrogens with one attached hydrogen (secondary N) is 2. The summed E-state index contributed by atoms with van der Waals surface area (Å²) < 4.78 is 51.0. The van der Waals surface area contributed by atoms with Crippen LogP contribution in [0.2, 0.25) is 0 Å². The van der Waals surface area contributed by atoms with Crippen LogP contribution < -0.4 is 15.4 Å². The molecule has 1 unspecified atom stereocenters. The van der Waals surface area contributed by atoms with Crippen LogP contribution in [0.1, 0.15) is 18.1 Å². The molecule has 1 amide bonds. The first-order valence-corrected chi connectivity index (χ1v) is 10.9. The lowest BCUT2D eigenvalue weighted by molar-refractivity contribution is -0.137. The van der Waals surface area contributed by atoms with Crippen LogP contribution in [0, 0.1) is 0 Å². The Morgan fingerprint density at radius 2 is 2.03 bits per heavy atom. The number of anilines is 2. The molecule has 0 spiro atoms. The molecule has 6 nitrogen and oxygen atoms in total. The number of carbonyl (C=O) groups excluding carboxylic acids is 1. The topological polar surface area (TPSA) is 62.8 Å². The summed E-state index contributed by atoms with van der Waals surface area (Å²) in [5, 5.41) is 5.97. The standard InChI is InChI=1S/C22H25BrF3N3O3/c1-14(29-8-7-27-18-12-17(23)5-3-15(18)13-29)21(30)28-19-11-16(22(24,25)26)4-6-20(19)32-10-9-31-2/h3-6,11-12,14,27H,7-10,13H2,1-2H3,(H,28,30). The fourth-order valence-corrected chi connectivity index (χ4v) is 3.74. The molecule has 32 heavy (non-hydrogen) atoms. The number of hydrogen-bond acceptors (Lipinski definition) is 5. The molecule has 0 fully saturated rings. The average molecular weight is 516 g/mol. The normalized spacial score (nSPS) is 15.3. The Bertz CT molecular complexity index is 956. The molecule has 2 aromatic rings. The van der Waals surface area contributed by atoms with Crippen molar-refractivity contribution in [3.8, 4) is 5.75 Å². The SMILES string of the molecule is COCCOc1ccc(C(F)(F)F)cc1NC(=O)C(C)N1CCNc2cc(Br)ccc2C1. The third-order valence-corrected chi connectivity index (χ3v) is 5.69. The Kier molecular flexibility index (Phi) is 8.02. The minimum Gasteiger partial charge on any atom is -0.489 e. The number of nitrogens with zero attached hydrogens (tertiary/aromatic N) is 1. The lowest BCUT2D eigenvalue weighted by Crippen LogP contribution is -2.42. The van der Waals surface area contributed by atoms with Gasteiger partial charge in [-0.15, -0.1) is 0 Å². The maximum atomic E-state index is 13.2. The van der Waals surface area contributed by atoms with Gasteiger partial charge in [0, 0.05) is 36.9 Å². The smallest absolute Gasteiger partial charge is 0.416 e. The lowest BCUT2D eigenvalue weighted by Gasteiger charge is -2.27. The Labute approximate surface area is 193 Å². The molecule has 2 aromatic carbocycles.